The molecule has 5 fully saturated rings. The second-order valence-electron chi connectivity index (χ2n) is 13.7. The van der Waals surface area contributed by atoms with Crippen LogP contribution in [0.2, 0.25) is 0 Å². The van der Waals surface area contributed by atoms with Crippen LogP contribution in [0.25, 0.3) is 0 Å². The predicted molar refractivity (Wildman–Crippen MR) is 152 cm³/mol. The second-order valence-corrected chi connectivity index (χ2v) is 13.7. The summed E-state index contributed by atoms with van der Waals surface area (Å²) in [5.41, 5.74) is 0. The highest BCUT2D eigenvalue weighted by Crippen LogP contribution is 2.42. The molecule has 5 saturated carbocycles. The third-order valence-electron chi connectivity index (χ3n) is 10.9. The van der Waals surface area contributed by atoms with Gasteiger partial charge in [0.2, 0.25) is 0 Å². The zero-order chi connectivity index (χ0) is 24.0. The molecule has 0 aromatic rings. The topological polar surface area (TPSA) is 0 Å². The maximum atomic E-state index is 2.44. The molecule has 34 heavy (non-hydrogen) atoms. The molecule has 0 bridgehead atoms. The molecule has 2 atom stereocenters. The molecule has 0 radical (unpaired) electrons. The summed E-state index contributed by atoms with van der Waals surface area (Å²) >= 11 is 0. The van der Waals surface area contributed by atoms with Gasteiger partial charge in [0.15, 0.2) is 0 Å². The van der Waals surface area contributed by atoms with Gasteiger partial charge in [-0.3, -0.25) is 0 Å². The van der Waals surface area contributed by atoms with Crippen LogP contribution in [-0.2, 0) is 0 Å². The van der Waals surface area contributed by atoms with E-state index in [-0.39, 0.29) is 0 Å². The van der Waals surface area contributed by atoms with Crippen molar-refractivity contribution in [1.82, 2.24) is 0 Å². The van der Waals surface area contributed by atoms with Crippen LogP contribution in [0.15, 0.2) is 0 Å². The Hall–Kier alpha value is 0. The van der Waals surface area contributed by atoms with Gasteiger partial charge >= 0.3 is 0 Å². The van der Waals surface area contributed by atoms with Crippen molar-refractivity contribution in [3.63, 3.8) is 0 Å². The first kappa shape index (κ1) is 28.6. The molecule has 5 aliphatic rings. The smallest absolute Gasteiger partial charge is 0.0360 e. The fourth-order valence-electron chi connectivity index (χ4n) is 8.77. The van der Waals surface area contributed by atoms with Gasteiger partial charge < -0.3 is 0 Å². The lowest BCUT2D eigenvalue weighted by Gasteiger charge is -2.37. The average molecular weight is 473 g/mol. The molecule has 0 heterocycles. The summed E-state index contributed by atoms with van der Waals surface area (Å²) in [6, 6.07) is 0. The molecule has 5 rings (SSSR count). The molecule has 0 amide bonds. The van der Waals surface area contributed by atoms with E-state index in [4.69, 9.17) is 0 Å². The lowest BCUT2D eigenvalue weighted by atomic mass is 9.69. The first-order chi connectivity index (χ1) is 16.7. The highest BCUT2D eigenvalue weighted by molar-refractivity contribution is 4.81. The Morgan fingerprint density at radius 2 is 0.882 bits per heavy atom. The summed E-state index contributed by atoms with van der Waals surface area (Å²) < 4.78 is 0. The predicted octanol–water partition coefficient (Wildman–Crippen LogP) is 11.8. The zero-order valence-electron chi connectivity index (χ0n) is 24.0. The molecule has 0 spiro atoms. The summed E-state index contributed by atoms with van der Waals surface area (Å²) in [5.74, 6) is 7.62. The first-order valence-electron chi connectivity index (χ1n) is 16.7. The van der Waals surface area contributed by atoms with Crippen LogP contribution in [0.3, 0.4) is 0 Å². The molecular formula is C34H64. The molecule has 0 nitrogen and oxygen atoms in total. The van der Waals surface area contributed by atoms with E-state index in [0.717, 1.165) is 41.4 Å². The van der Waals surface area contributed by atoms with Crippen molar-refractivity contribution >= 4 is 0 Å². The molecule has 0 saturated heterocycles. The van der Waals surface area contributed by atoms with Crippen molar-refractivity contribution in [2.24, 2.45) is 41.4 Å². The van der Waals surface area contributed by atoms with Crippen LogP contribution in [-0.4, -0.2) is 0 Å². The minimum Gasteiger partial charge on any atom is -0.0651 e. The van der Waals surface area contributed by atoms with E-state index in [9.17, 15) is 0 Å². The Morgan fingerprint density at radius 3 is 1.24 bits per heavy atom. The van der Waals surface area contributed by atoms with Gasteiger partial charge in [-0.25, -0.2) is 0 Å². The molecule has 200 valence electrons. The van der Waals surface area contributed by atoms with Crippen molar-refractivity contribution in [3.8, 4) is 0 Å². The van der Waals surface area contributed by atoms with Crippen LogP contribution in [0, 0.1) is 41.4 Å². The zero-order valence-corrected chi connectivity index (χ0v) is 24.0. The number of hydrogen-bond acceptors (Lipinski definition) is 0. The maximum Gasteiger partial charge on any atom is -0.0360 e. The highest BCUT2D eigenvalue weighted by atomic mass is 14.4. The van der Waals surface area contributed by atoms with Gasteiger partial charge in [-0.15, -0.1) is 0 Å². The van der Waals surface area contributed by atoms with Gasteiger partial charge in [-0.2, -0.15) is 0 Å². The van der Waals surface area contributed by atoms with E-state index in [0.29, 0.717) is 0 Å². The van der Waals surface area contributed by atoms with Crippen LogP contribution >= 0.6 is 0 Å². The molecule has 0 aromatic heterocycles. The molecule has 0 heteroatoms. The van der Waals surface area contributed by atoms with Crippen molar-refractivity contribution < 1.29 is 0 Å². The number of rotatable bonds is 4. The molecule has 0 aliphatic heterocycles. The number of hydrogen-bond donors (Lipinski definition) is 0. The molecular weight excluding hydrogens is 408 g/mol. The minimum absolute atomic E-state index is 1.04. The van der Waals surface area contributed by atoms with E-state index < -0.39 is 0 Å². The summed E-state index contributed by atoms with van der Waals surface area (Å²) in [6.45, 7) is 7.23. The molecule has 5 aliphatic carbocycles. The van der Waals surface area contributed by atoms with Crippen molar-refractivity contribution in [3.05, 3.63) is 0 Å². The summed E-state index contributed by atoms with van der Waals surface area (Å²) in [4.78, 5) is 0. The Bertz CT molecular complexity index is 450. The van der Waals surface area contributed by atoms with Gasteiger partial charge in [-0.1, -0.05) is 162 Å². The van der Waals surface area contributed by atoms with Crippen LogP contribution in [0.5, 0.6) is 0 Å². The van der Waals surface area contributed by atoms with E-state index >= 15 is 0 Å². The quantitative estimate of drug-likeness (QED) is 0.381. The molecule has 2 unspecified atom stereocenters. The van der Waals surface area contributed by atoms with Crippen LogP contribution in [0.1, 0.15) is 175 Å². The van der Waals surface area contributed by atoms with Gasteiger partial charge in [-0.05, 0) is 54.3 Å². The first-order valence-corrected chi connectivity index (χ1v) is 16.7. The van der Waals surface area contributed by atoms with Gasteiger partial charge in [0.05, 0.1) is 0 Å². The lowest BCUT2D eigenvalue weighted by Crippen LogP contribution is -2.26. The fourth-order valence-corrected chi connectivity index (χ4v) is 8.77. The van der Waals surface area contributed by atoms with Crippen LogP contribution in [0.4, 0.5) is 0 Å². The third kappa shape index (κ3) is 10.2. The van der Waals surface area contributed by atoms with Crippen molar-refractivity contribution in [2.75, 3.05) is 0 Å². The van der Waals surface area contributed by atoms with E-state index in [1.165, 1.54) is 103 Å². The SMILES string of the molecule is CC1CCC(C2CCCCC2)C1.CC1CCCCC1.CCC(C1CCCCC1)C1CCCCC1. The van der Waals surface area contributed by atoms with E-state index in [1.807, 2.05) is 0 Å². The van der Waals surface area contributed by atoms with Gasteiger partial charge in [0.1, 0.15) is 0 Å². The van der Waals surface area contributed by atoms with Crippen molar-refractivity contribution in [1.29, 1.82) is 0 Å². The van der Waals surface area contributed by atoms with E-state index in [2.05, 4.69) is 20.8 Å². The normalized spacial score (nSPS) is 30.4. The maximum absolute atomic E-state index is 2.44. The fraction of sp³-hybridized carbons (Fsp3) is 1.00. The Balaban J connectivity index is 0.000000152. The van der Waals surface area contributed by atoms with Crippen molar-refractivity contribution in [2.45, 2.75) is 175 Å². The van der Waals surface area contributed by atoms with Gasteiger partial charge in [0, 0.05) is 0 Å². The second kappa shape index (κ2) is 16.7. The average Bonchev–Trinajstić information content (AvgIpc) is 3.34. The monoisotopic (exact) mass is 473 g/mol. The Labute approximate surface area is 216 Å². The standard InChI is InChI=1S/C15H28.C12H22.C7H14/c1-2-15(13-9-5-3-6-10-13)14-11-7-4-8-12-14;1-10-7-8-12(9-10)11-5-3-2-4-6-11;1-7-5-3-2-4-6-7/h13-15H,2-12H2,1H3;10-12H,2-9H2,1H3;7H,2-6H2,1H3. The molecule has 0 N–H and O–H groups in total. The summed E-state index contributed by atoms with van der Waals surface area (Å²) in [6.07, 6.45) is 36.5. The third-order valence-corrected chi connectivity index (χ3v) is 10.9. The lowest BCUT2D eigenvalue weighted by molar-refractivity contribution is 0.139. The minimum atomic E-state index is 1.04. The Morgan fingerprint density at radius 1 is 0.441 bits per heavy atom. The summed E-state index contributed by atoms with van der Waals surface area (Å²) in [7, 11) is 0. The van der Waals surface area contributed by atoms with Crippen LogP contribution < -0.4 is 0 Å². The van der Waals surface area contributed by atoms with E-state index in [1.54, 1.807) is 51.4 Å². The summed E-state index contributed by atoms with van der Waals surface area (Å²) in [5, 5.41) is 0. The van der Waals surface area contributed by atoms with Gasteiger partial charge in [0.25, 0.3) is 0 Å². The largest absolute Gasteiger partial charge is 0.0651 e. The molecule has 0 aromatic carbocycles. The Kier molecular flexibility index (Phi) is 14.0. The highest BCUT2D eigenvalue weighted by Gasteiger charge is 2.30.